The molecule has 0 saturated carbocycles. The number of benzene rings is 1. The number of anilines is 1. The smallest absolute Gasteiger partial charge is 0.308 e. The zero-order valence-electron chi connectivity index (χ0n) is 13.4. The molecule has 1 aromatic carbocycles. The second-order valence-corrected chi connectivity index (χ2v) is 11.1. The third kappa shape index (κ3) is 4.35. The molecule has 2 heterocycles. The van der Waals surface area contributed by atoms with Crippen molar-refractivity contribution in [3.05, 3.63) is 52.9 Å². The van der Waals surface area contributed by atoms with Crippen LogP contribution in [0.25, 0.3) is 0 Å². The summed E-state index contributed by atoms with van der Waals surface area (Å²) in [6, 6.07) is 8.78. The summed E-state index contributed by atoms with van der Waals surface area (Å²) in [4.78, 5) is 14.9. The number of nitrogens with one attached hydrogen (secondary N) is 1. The predicted molar refractivity (Wildman–Crippen MR) is 100 cm³/mol. The third-order valence-electron chi connectivity index (χ3n) is 3.28. The standard InChI is InChI=1S/C15H12N2O6S4/c18-13(19)6-10-8-16-15(25-10)17-27(22,23)14-7-12(9-24-14)26(20,21)11-4-2-1-3-5-11/h1-5,7-9H,6H2,(H,16,17)(H,18,19). The molecule has 8 nitrogen and oxygen atoms in total. The Morgan fingerprint density at radius 1 is 1.11 bits per heavy atom. The van der Waals surface area contributed by atoms with Crippen LogP contribution in [0.3, 0.4) is 0 Å². The van der Waals surface area contributed by atoms with E-state index in [1.54, 1.807) is 18.2 Å². The monoisotopic (exact) mass is 444 g/mol. The quantitative estimate of drug-likeness (QED) is 0.572. The summed E-state index contributed by atoms with van der Waals surface area (Å²) in [5.74, 6) is -1.05. The van der Waals surface area contributed by atoms with E-state index in [2.05, 4.69) is 9.71 Å². The Balaban J connectivity index is 1.85. The first-order valence-electron chi connectivity index (χ1n) is 7.26. The maximum atomic E-state index is 12.6. The molecule has 0 atom stereocenters. The minimum Gasteiger partial charge on any atom is -0.481 e. The lowest BCUT2D eigenvalue weighted by molar-refractivity contribution is -0.136. The second-order valence-electron chi connectivity index (χ2n) is 5.23. The molecule has 12 heteroatoms. The van der Waals surface area contributed by atoms with Crippen molar-refractivity contribution in [1.29, 1.82) is 0 Å². The van der Waals surface area contributed by atoms with Crippen molar-refractivity contribution in [3.8, 4) is 0 Å². The molecule has 0 amide bonds. The van der Waals surface area contributed by atoms with Gasteiger partial charge in [0.2, 0.25) is 9.84 Å². The highest BCUT2D eigenvalue weighted by atomic mass is 32.2. The highest BCUT2D eigenvalue weighted by molar-refractivity contribution is 7.95. The van der Waals surface area contributed by atoms with Gasteiger partial charge in [-0.1, -0.05) is 18.2 Å². The van der Waals surface area contributed by atoms with Crippen LogP contribution in [0.2, 0.25) is 0 Å². The number of aliphatic carboxylic acids is 1. The van der Waals surface area contributed by atoms with Crippen LogP contribution >= 0.6 is 22.7 Å². The molecule has 0 aliphatic carbocycles. The van der Waals surface area contributed by atoms with Crippen molar-refractivity contribution in [3.63, 3.8) is 0 Å². The molecule has 0 aliphatic rings. The van der Waals surface area contributed by atoms with Gasteiger partial charge < -0.3 is 5.11 Å². The van der Waals surface area contributed by atoms with Gasteiger partial charge in [0.05, 0.1) is 16.2 Å². The largest absolute Gasteiger partial charge is 0.481 e. The van der Waals surface area contributed by atoms with E-state index >= 15 is 0 Å². The topological polar surface area (TPSA) is 130 Å². The molecule has 0 spiro atoms. The Morgan fingerprint density at radius 2 is 1.81 bits per heavy atom. The number of sulfone groups is 1. The molecular formula is C15H12N2O6S4. The third-order valence-corrected chi connectivity index (χ3v) is 9.00. The Labute approximate surface area is 163 Å². The van der Waals surface area contributed by atoms with Gasteiger partial charge in [0, 0.05) is 16.5 Å². The average Bonchev–Trinajstić information content (AvgIpc) is 3.25. The van der Waals surface area contributed by atoms with Crippen molar-refractivity contribution >= 4 is 53.6 Å². The number of thiophene rings is 1. The Kier molecular flexibility index (Phi) is 5.33. The van der Waals surface area contributed by atoms with Crippen LogP contribution in [-0.2, 0) is 31.1 Å². The van der Waals surface area contributed by atoms with E-state index in [-0.39, 0.29) is 25.6 Å². The van der Waals surface area contributed by atoms with Crippen LogP contribution in [0.5, 0.6) is 0 Å². The number of hydrogen-bond donors (Lipinski definition) is 2. The first-order chi connectivity index (χ1) is 12.7. The summed E-state index contributed by atoms with van der Waals surface area (Å²) in [6.07, 6.45) is 1.01. The van der Waals surface area contributed by atoms with Crippen LogP contribution in [0.4, 0.5) is 5.13 Å². The summed E-state index contributed by atoms with van der Waals surface area (Å²) in [7, 11) is -7.87. The lowest BCUT2D eigenvalue weighted by atomic mass is 10.4. The number of carboxylic acids is 1. The van der Waals surface area contributed by atoms with E-state index in [1.165, 1.54) is 23.7 Å². The highest BCUT2D eigenvalue weighted by Crippen LogP contribution is 2.30. The summed E-state index contributed by atoms with van der Waals surface area (Å²) in [5, 5.41) is 10.0. The first kappa shape index (κ1) is 19.5. The maximum absolute atomic E-state index is 12.6. The predicted octanol–water partition coefficient (Wildman–Crippen LogP) is 2.47. The second kappa shape index (κ2) is 7.38. The first-order valence-corrected chi connectivity index (χ1v) is 11.9. The molecule has 2 aromatic heterocycles. The van der Waals surface area contributed by atoms with Crippen LogP contribution in [0.15, 0.2) is 62.0 Å². The number of hydrogen-bond acceptors (Lipinski definition) is 8. The molecule has 3 aromatic rings. The van der Waals surface area contributed by atoms with Gasteiger partial charge in [-0.2, -0.15) is 0 Å². The molecule has 0 fully saturated rings. The Hall–Kier alpha value is -2.28. The zero-order chi connectivity index (χ0) is 19.7. The lowest BCUT2D eigenvalue weighted by Gasteiger charge is -2.02. The number of carboxylic acid groups (broad SMARTS) is 1. The van der Waals surface area contributed by atoms with Gasteiger partial charge in [-0.05, 0) is 18.2 Å². The summed E-state index contributed by atoms with van der Waals surface area (Å²) in [6.45, 7) is 0. The van der Waals surface area contributed by atoms with Crippen LogP contribution in [0.1, 0.15) is 4.88 Å². The SMILES string of the molecule is O=C(O)Cc1cnc(NS(=O)(=O)c2cc(S(=O)(=O)c3ccccc3)cs2)s1. The summed E-state index contributed by atoms with van der Waals surface area (Å²) < 4.78 is 52.1. The molecule has 3 rings (SSSR count). The van der Waals surface area contributed by atoms with Gasteiger partial charge in [-0.15, -0.1) is 22.7 Å². The van der Waals surface area contributed by atoms with Crippen molar-refractivity contribution in [2.24, 2.45) is 0 Å². The van der Waals surface area contributed by atoms with E-state index in [4.69, 9.17) is 5.11 Å². The molecule has 27 heavy (non-hydrogen) atoms. The van der Waals surface area contributed by atoms with E-state index in [0.717, 1.165) is 28.7 Å². The van der Waals surface area contributed by atoms with E-state index < -0.39 is 25.8 Å². The number of sulfonamides is 1. The van der Waals surface area contributed by atoms with Crippen LogP contribution < -0.4 is 4.72 Å². The van der Waals surface area contributed by atoms with E-state index in [1.807, 2.05) is 0 Å². The number of thiazole rings is 1. The van der Waals surface area contributed by atoms with Gasteiger partial charge in [0.1, 0.15) is 4.21 Å². The van der Waals surface area contributed by atoms with Crippen molar-refractivity contribution in [2.45, 2.75) is 20.4 Å². The van der Waals surface area contributed by atoms with Gasteiger partial charge in [-0.3, -0.25) is 9.52 Å². The molecular weight excluding hydrogens is 432 g/mol. The summed E-state index contributed by atoms with van der Waals surface area (Å²) in [5.41, 5.74) is 0. The van der Waals surface area contributed by atoms with Crippen LogP contribution in [0, 0.1) is 0 Å². The van der Waals surface area contributed by atoms with Gasteiger partial charge in [0.15, 0.2) is 5.13 Å². The average molecular weight is 445 g/mol. The Morgan fingerprint density at radius 3 is 2.48 bits per heavy atom. The minimum absolute atomic E-state index is 0.00659. The number of rotatable bonds is 7. The highest BCUT2D eigenvalue weighted by Gasteiger charge is 2.24. The zero-order valence-corrected chi connectivity index (χ0v) is 16.7. The van der Waals surface area contributed by atoms with E-state index in [0.29, 0.717) is 4.88 Å². The molecule has 0 unspecified atom stereocenters. The molecule has 0 saturated heterocycles. The normalized spacial score (nSPS) is 12.0. The minimum atomic E-state index is -4.05. The van der Waals surface area contributed by atoms with Crippen molar-refractivity contribution in [2.75, 3.05) is 4.72 Å². The Bertz CT molecular complexity index is 1180. The van der Waals surface area contributed by atoms with Crippen molar-refractivity contribution in [1.82, 2.24) is 4.98 Å². The number of aromatic nitrogens is 1. The fraction of sp³-hybridized carbons (Fsp3) is 0.0667. The van der Waals surface area contributed by atoms with Gasteiger partial charge in [-0.25, -0.2) is 21.8 Å². The fourth-order valence-corrected chi connectivity index (χ4v) is 7.02. The summed E-state index contributed by atoms with van der Waals surface area (Å²) >= 11 is 1.66. The van der Waals surface area contributed by atoms with Crippen LogP contribution in [-0.4, -0.2) is 32.9 Å². The van der Waals surface area contributed by atoms with Crippen molar-refractivity contribution < 1.29 is 26.7 Å². The molecule has 142 valence electrons. The molecule has 0 aliphatic heterocycles. The number of carbonyl (C=O) groups is 1. The van der Waals surface area contributed by atoms with Gasteiger partial charge in [0.25, 0.3) is 10.0 Å². The lowest BCUT2D eigenvalue weighted by Crippen LogP contribution is -2.11. The number of nitrogens with zero attached hydrogens (tertiary/aromatic N) is 1. The molecule has 0 radical (unpaired) electrons. The van der Waals surface area contributed by atoms with E-state index in [9.17, 15) is 21.6 Å². The fourth-order valence-electron chi connectivity index (χ4n) is 2.07. The maximum Gasteiger partial charge on any atom is 0.308 e. The molecule has 2 N–H and O–H groups in total. The van der Waals surface area contributed by atoms with Gasteiger partial charge >= 0.3 is 5.97 Å². The molecule has 0 bridgehead atoms.